The average molecular weight is 320 g/mol. The third-order valence-electron chi connectivity index (χ3n) is 2.87. The van der Waals surface area contributed by atoms with Crippen LogP contribution in [-0.4, -0.2) is 23.1 Å². The van der Waals surface area contributed by atoms with Crippen LogP contribution < -0.4 is 5.32 Å². The van der Waals surface area contributed by atoms with Crippen molar-refractivity contribution in [3.8, 4) is 5.75 Å². The molecular weight excluding hydrogens is 306 g/mol. The molecule has 0 aromatic heterocycles. The fourth-order valence-electron chi connectivity index (χ4n) is 1.71. The van der Waals surface area contributed by atoms with Gasteiger partial charge >= 0.3 is 5.97 Å². The lowest BCUT2D eigenvalue weighted by atomic mass is 10.2. The Hall–Kier alpha value is -2.53. The zero-order valence-electron chi connectivity index (χ0n) is 11.7. The largest absolute Gasteiger partial charge is 0.507 e. The second kappa shape index (κ2) is 6.95. The molecule has 0 aliphatic carbocycles. The third-order valence-corrected chi connectivity index (χ3v) is 3.11. The number of amides is 1. The molecule has 0 fully saturated rings. The lowest BCUT2D eigenvalue weighted by molar-refractivity contribution is -0.123. The van der Waals surface area contributed by atoms with E-state index in [0.29, 0.717) is 5.69 Å². The maximum Gasteiger partial charge on any atom is 0.342 e. The quantitative estimate of drug-likeness (QED) is 0.848. The minimum absolute atomic E-state index is 0.0909. The maximum absolute atomic E-state index is 12.0. The summed E-state index contributed by atoms with van der Waals surface area (Å²) in [5, 5.41) is 12.5. The summed E-state index contributed by atoms with van der Waals surface area (Å²) in [5.41, 5.74) is 0.507. The van der Waals surface area contributed by atoms with Gasteiger partial charge in [0, 0.05) is 10.7 Å². The molecule has 6 heteroatoms. The summed E-state index contributed by atoms with van der Waals surface area (Å²) in [6.07, 6.45) is -1.02. The van der Waals surface area contributed by atoms with E-state index < -0.39 is 18.0 Å². The second-order valence-corrected chi connectivity index (χ2v) is 5.00. The van der Waals surface area contributed by atoms with E-state index in [4.69, 9.17) is 16.3 Å². The van der Waals surface area contributed by atoms with Crippen LogP contribution in [0.15, 0.2) is 48.5 Å². The molecule has 0 unspecified atom stereocenters. The van der Waals surface area contributed by atoms with Gasteiger partial charge in [-0.05, 0) is 37.3 Å². The van der Waals surface area contributed by atoms with Crippen LogP contribution in [-0.2, 0) is 9.53 Å². The van der Waals surface area contributed by atoms with Crippen molar-refractivity contribution in [2.75, 3.05) is 5.32 Å². The summed E-state index contributed by atoms with van der Waals surface area (Å²) in [7, 11) is 0. The average Bonchev–Trinajstić information content (AvgIpc) is 2.50. The molecule has 22 heavy (non-hydrogen) atoms. The van der Waals surface area contributed by atoms with Gasteiger partial charge in [-0.15, -0.1) is 0 Å². The van der Waals surface area contributed by atoms with E-state index in [0.717, 1.165) is 0 Å². The molecule has 5 nitrogen and oxygen atoms in total. The maximum atomic E-state index is 12.0. The van der Waals surface area contributed by atoms with E-state index in [1.807, 2.05) is 6.07 Å². The summed E-state index contributed by atoms with van der Waals surface area (Å²) in [6, 6.07) is 12.8. The first-order valence-electron chi connectivity index (χ1n) is 6.53. The van der Waals surface area contributed by atoms with Gasteiger partial charge in [-0.25, -0.2) is 4.79 Å². The van der Waals surface area contributed by atoms with Crippen LogP contribution in [0.5, 0.6) is 5.75 Å². The first-order valence-corrected chi connectivity index (χ1v) is 6.90. The highest BCUT2D eigenvalue weighted by Crippen LogP contribution is 2.22. The summed E-state index contributed by atoms with van der Waals surface area (Å²) >= 11 is 5.77. The fraction of sp³-hybridized carbons (Fsp3) is 0.125. The molecule has 1 atom stereocenters. The molecule has 0 radical (unpaired) electrons. The Morgan fingerprint density at radius 1 is 1.18 bits per heavy atom. The molecule has 0 aliphatic rings. The van der Waals surface area contributed by atoms with E-state index in [2.05, 4.69) is 5.32 Å². The molecular formula is C16H14ClNO4. The number of aromatic hydroxyl groups is 1. The summed E-state index contributed by atoms with van der Waals surface area (Å²) in [4.78, 5) is 23.9. The van der Waals surface area contributed by atoms with Crippen LogP contribution in [0.4, 0.5) is 5.69 Å². The number of para-hydroxylation sites is 1. The van der Waals surface area contributed by atoms with Crippen molar-refractivity contribution in [1.29, 1.82) is 0 Å². The SMILES string of the molecule is C[C@H](OC(=O)c1cc(Cl)ccc1O)C(=O)Nc1ccccc1. The Kier molecular flexibility index (Phi) is 5.01. The minimum Gasteiger partial charge on any atom is -0.507 e. The molecule has 0 saturated carbocycles. The van der Waals surface area contributed by atoms with E-state index in [1.165, 1.54) is 25.1 Å². The van der Waals surface area contributed by atoms with Gasteiger partial charge in [-0.2, -0.15) is 0 Å². The molecule has 0 heterocycles. The standard InChI is InChI=1S/C16H14ClNO4/c1-10(15(20)18-12-5-3-2-4-6-12)22-16(21)13-9-11(17)7-8-14(13)19/h2-10,19H,1H3,(H,18,20)/t10-/m0/s1. The number of hydrogen-bond acceptors (Lipinski definition) is 4. The number of nitrogens with one attached hydrogen (secondary N) is 1. The highest BCUT2D eigenvalue weighted by molar-refractivity contribution is 6.31. The van der Waals surface area contributed by atoms with Crippen molar-refractivity contribution in [3.05, 3.63) is 59.1 Å². The number of phenolic OH excluding ortho intramolecular Hbond substituents is 1. The molecule has 2 aromatic carbocycles. The summed E-state index contributed by atoms with van der Waals surface area (Å²) < 4.78 is 5.04. The van der Waals surface area contributed by atoms with Crippen LogP contribution >= 0.6 is 11.6 Å². The Labute approximate surface area is 132 Å². The molecule has 1 amide bonds. The first-order chi connectivity index (χ1) is 10.5. The molecule has 0 aliphatic heterocycles. The molecule has 0 bridgehead atoms. The number of carbonyl (C=O) groups is 2. The van der Waals surface area contributed by atoms with E-state index in [1.54, 1.807) is 24.3 Å². The predicted molar refractivity (Wildman–Crippen MR) is 83.1 cm³/mol. The van der Waals surface area contributed by atoms with Gasteiger partial charge in [0.05, 0.1) is 0 Å². The Balaban J connectivity index is 2.01. The van der Waals surface area contributed by atoms with E-state index >= 15 is 0 Å². The molecule has 0 saturated heterocycles. The van der Waals surface area contributed by atoms with Crippen molar-refractivity contribution >= 4 is 29.2 Å². The lowest BCUT2D eigenvalue weighted by Crippen LogP contribution is -2.30. The number of rotatable bonds is 4. The van der Waals surface area contributed by atoms with Gasteiger partial charge in [0.2, 0.25) is 0 Å². The Bertz CT molecular complexity index is 688. The topological polar surface area (TPSA) is 75.6 Å². The van der Waals surface area contributed by atoms with Crippen LogP contribution in [0.2, 0.25) is 5.02 Å². The molecule has 114 valence electrons. The molecule has 0 spiro atoms. The second-order valence-electron chi connectivity index (χ2n) is 4.56. The van der Waals surface area contributed by atoms with Gasteiger partial charge in [0.15, 0.2) is 6.10 Å². The first kappa shape index (κ1) is 15.9. The number of phenols is 1. The predicted octanol–water partition coefficient (Wildman–Crippen LogP) is 3.23. The van der Waals surface area contributed by atoms with Gasteiger partial charge in [0.25, 0.3) is 5.91 Å². The van der Waals surface area contributed by atoms with Gasteiger partial charge in [0.1, 0.15) is 11.3 Å². The van der Waals surface area contributed by atoms with E-state index in [-0.39, 0.29) is 16.3 Å². The van der Waals surface area contributed by atoms with Crippen LogP contribution in [0.25, 0.3) is 0 Å². The third kappa shape index (κ3) is 3.99. The fourth-order valence-corrected chi connectivity index (χ4v) is 1.89. The Morgan fingerprint density at radius 2 is 1.86 bits per heavy atom. The zero-order chi connectivity index (χ0) is 16.1. The highest BCUT2D eigenvalue weighted by Gasteiger charge is 2.21. The van der Waals surface area contributed by atoms with Crippen molar-refractivity contribution in [2.24, 2.45) is 0 Å². The number of benzene rings is 2. The zero-order valence-corrected chi connectivity index (χ0v) is 12.5. The van der Waals surface area contributed by atoms with Crippen LogP contribution in [0.1, 0.15) is 17.3 Å². The number of esters is 1. The smallest absolute Gasteiger partial charge is 0.342 e. The highest BCUT2D eigenvalue weighted by atomic mass is 35.5. The number of halogens is 1. The minimum atomic E-state index is -1.02. The van der Waals surface area contributed by atoms with Crippen molar-refractivity contribution in [1.82, 2.24) is 0 Å². The van der Waals surface area contributed by atoms with Crippen molar-refractivity contribution < 1.29 is 19.4 Å². The van der Waals surface area contributed by atoms with Crippen molar-refractivity contribution in [3.63, 3.8) is 0 Å². The number of anilines is 1. The monoisotopic (exact) mass is 319 g/mol. The lowest BCUT2D eigenvalue weighted by Gasteiger charge is -2.14. The number of ether oxygens (including phenoxy) is 1. The van der Waals surface area contributed by atoms with Gasteiger partial charge < -0.3 is 15.2 Å². The number of carbonyl (C=O) groups excluding carboxylic acids is 2. The van der Waals surface area contributed by atoms with E-state index in [9.17, 15) is 14.7 Å². The van der Waals surface area contributed by atoms with Crippen molar-refractivity contribution in [2.45, 2.75) is 13.0 Å². The normalized spacial score (nSPS) is 11.5. The molecule has 2 aromatic rings. The Morgan fingerprint density at radius 3 is 2.55 bits per heavy atom. The molecule has 2 N–H and O–H groups in total. The summed E-state index contributed by atoms with van der Waals surface area (Å²) in [6.45, 7) is 1.44. The van der Waals surface area contributed by atoms with Gasteiger partial charge in [-0.3, -0.25) is 4.79 Å². The summed E-state index contributed by atoms with van der Waals surface area (Å²) in [5.74, 6) is -1.55. The van der Waals surface area contributed by atoms with Crippen LogP contribution in [0, 0.1) is 0 Å². The van der Waals surface area contributed by atoms with Crippen LogP contribution in [0.3, 0.4) is 0 Å². The number of hydrogen-bond donors (Lipinski definition) is 2. The molecule has 2 rings (SSSR count). The van der Waals surface area contributed by atoms with Gasteiger partial charge in [-0.1, -0.05) is 29.8 Å².